The molecular weight excluding hydrogens is 354 g/mol. The zero-order chi connectivity index (χ0) is 18.9. The number of hydrogen-bond donors (Lipinski definition) is 2. The number of ether oxygens (including phenoxy) is 1. The van der Waals surface area contributed by atoms with Gasteiger partial charge in [0, 0.05) is 18.1 Å². The number of carbonyl (C=O) groups is 2. The maximum absolute atomic E-state index is 13.2. The van der Waals surface area contributed by atoms with E-state index in [4.69, 9.17) is 16.3 Å². The molecule has 0 bridgehead atoms. The van der Waals surface area contributed by atoms with E-state index < -0.39 is 16.4 Å². The van der Waals surface area contributed by atoms with Gasteiger partial charge in [0.1, 0.15) is 5.75 Å². The molecule has 6 heteroatoms. The molecule has 0 radical (unpaired) electrons. The van der Waals surface area contributed by atoms with Gasteiger partial charge in [0.05, 0.1) is 11.3 Å². The minimum Gasteiger partial charge on any atom is -0.463 e. The Balaban J connectivity index is 1.92. The number of benzene rings is 2. The number of aliphatic hydroxyl groups is 1. The van der Waals surface area contributed by atoms with Crippen molar-refractivity contribution >= 4 is 29.0 Å². The van der Waals surface area contributed by atoms with Crippen molar-refractivity contribution in [2.24, 2.45) is 0 Å². The van der Waals surface area contributed by atoms with Gasteiger partial charge >= 0.3 is 0 Å². The van der Waals surface area contributed by atoms with Gasteiger partial charge in [-0.05, 0) is 23.6 Å². The van der Waals surface area contributed by atoms with Crippen molar-refractivity contribution in [1.82, 2.24) is 0 Å². The molecule has 2 N–H and O–H groups in total. The second-order valence-corrected chi connectivity index (χ2v) is 7.59. The van der Waals surface area contributed by atoms with Crippen LogP contribution in [-0.4, -0.2) is 16.8 Å². The molecule has 1 heterocycles. The lowest BCUT2D eigenvalue weighted by Gasteiger charge is -2.28. The molecule has 2 aliphatic rings. The third kappa shape index (κ3) is 1.95. The lowest BCUT2D eigenvalue weighted by atomic mass is 9.87. The van der Waals surface area contributed by atoms with Crippen molar-refractivity contribution in [2.45, 2.75) is 37.4 Å². The number of rotatable bonds is 2. The van der Waals surface area contributed by atoms with E-state index in [0.717, 1.165) is 5.56 Å². The first kappa shape index (κ1) is 17.1. The van der Waals surface area contributed by atoms with Crippen LogP contribution in [0.25, 0.3) is 0 Å². The Morgan fingerprint density at radius 2 is 1.96 bits per heavy atom. The molecule has 0 fully saturated rings. The molecule has 1 aliphatic heterocycles. The zero-order valence-electron chi connectivity index (χ0n) is 14.6. The molecule has 1 aliphatic carbocycles. The molecule has 4 rings (SSSR count). The first-order valence-electron chi connectivity index (χ1n) is 8.40. The summed E-state index contributed by atoms with van der Waals surface area (Å²) in [5.41, 5.74) is 0.154. The molecule has 2 atom stereocenters. The number of halogens is 1. The van der Waals surface area contributed by atoms with Crippen LogP contribution in [0.1, 0.15) is 53.7 Å². The molecule has 0 aromatic heterocycles. The second-order valence-electron chi connectivity index (χ2n) is 7.06. The second kappa shape index (κ2) is 5.32. The van der Waals surface area contributed by atoms with Gasteiger partial charge in [-0.3, -0.25) is 9.59 Å². The fraction of sp³-hybridized carbons (Fsp3) is 0.300. The molecule has 2 aromatic rings. The van der Waals surface area contributed by atoms with E-state index in [2.05, 4.69) is 5.32 Å². The van der Waals surface area contributed by atoms with E-state index in [-0.39, 0.29) is 17.4 Å². The van der Waals surface area contributed by atoms with E-state index in [1.807, 2.05) is 26.0 Å². The minimum atomic E-state index is -2.05. The van der Waals surface area contributed by atoms with Crippen LogP contribution in [0.3, 0.4) is 0 Å². The van der Waals surface area contributed by atoms with E-state index in [0.29, 0.717) is 22.6 Å². The Bertz CT molecular complexity index is 970. The van der Waals surface area contributed by atoms with Crippen LogP contribution < -0.4 is 10.1 Å². The van der Waals surface area contributed by atoms with Crippen LogP contribution in [0.4, 0.5) is 5.69 Å². The average molecular weight is 372 g/mol. The van der Waals surface area contributed by atoms with E-state index in [9.17, 15) is 14.7 Å². The van der Waals surface area contributed by atoms with Gasteiger partial charge in [0.15, 0.2) is 0 Å². The predicted octanol–water partition coefficient (Wildman–Crippen LogP) is 3.64. The summed E-state index contributed by atoms with van der Waals surface area (Å²) in [7, 11) is 0. The van der Waals surface area contributed by atoms with Gasteiger partial charge in [-0.25, -0.2) is 0 Å². The zero-order valence-corrected chi connectivity index (χ0v) is 15.3. The van der Waals surface area contributed by atoms with Crippen molar-refractivity contribution < 1.29 is 19.4 Å². The lowest BCUT2D eigenvalue weighted by Crippen LogP contribution is -2.44. The van der Waals surface area contributed by atoms with Crippen LogP contribution in [0.15, 0.2) is 36.4 Å². The Hall–Kier alpha value is -2.37. The van der Waals surface area contributed by atoms with Crippen LogP contribution in [-0.2, 0) is 15.5 Å². The number of carbonyl (C=O) groups excluding carboxylic acids is 2. The van der Waals surface area contributed by atoms with Gasteiger partial charge in [-0.15, -0.1) is 0 Å². The monoisotopic (exact) mass is 371 g/mol. The largest absolute Gasteiger partial charge is 0.463 e. The minimum absolute atomic E-state index is 0.179. The Kier molecular flexibility index (Phi) is 3.49. The van der Waals surface area contributed by atoms with Gasteiger partial charge in [-0.2, -0.15) is 0 Å². The molecule has 2 unspecified atom stereocenters. The number of alkyl halides is 1. The Morgan fingerprint density at radius 3 is 2.62 bits per heavy atom. The summed E-state index contributed by atoms with van der Waals surface area (Å²) in [6.45, 7) is 5.44. The number of amides is 1. The molecule has 5 nitrogen and oxygen atoms in total. The highest BCUT2D eigenvalue weighted by atomic mass is 35.5. The highest BCUT2D eigenvalue weighted by Crippen LogP contribution is 2.62. The number of nitrogens with one attached hydrogen (secondary N) is 1. The lowest BCUT2D eigenvalue weighted by molar-refractivity contribution is -0.114. The van der Waals surface area contributed by atoms with Crippen molar-refractivity contribution in [3.63, 3.8) is 0 Å². The van der Waals surface area contributed by atoms with Gasteiger partial charge < -0.3 is 15.2 Å². The van der Waals surface area contributed by atoms with Crippen LogP contribution >= 0.6 is 11.6 Å². The average Bonchev–Trinajstić information content (AvgIpc) is 2.91. The van der Waals surface area contributed by atoms with Crippen molar-refractivity contribution in [3.05, 3.63) is 58.7 Å². The fourth-order valence-corrected chi connectivity index (χ4v) is 4.17. The van der Waals surface area contributed by atoms with Gasteiger partial charge in [0.25, 0.3) is 0 Å². The van der Waals surface area contributed by atoms with Crippen LogP contribution in [0.2, 0.25) is 0 Å². The quantitative estimate of drug-likeness (QED) is 0.790. The Labute approximate surface area is 155 Å². The van der Waals surface area contributed by atoms with Crippen molar-refractivity contribution in [2.75, 3.05) is 5.32 Å². The number of anilines is 1. The third-order valence-corrected chi connectivity index (χ3v) is 5.61. The van der Waals surface area contributed by atoms with E-state index in [1.165, 1.54) is 6.92 Å². The molecule has 0 spiro atoms. The molecule has 0 saturated carbocycles. The highest BCUT2D eigenvalue weighted by molar-refractivity contribution is 6.32. The number of Topliss-reactive ketones (excluding diaryl/α,β-unsaturated/α-hetero) is 1. The number of ketones is 1. The molecular formula is C20H18ClNO4. The van der Waals surface area contributed by atoms with Crippen molar-refractivity contribution in [1.29, 1.82) is 0 Å². The summed E-state index contributed by atoms with van der Waals surface area (Å²) < 4.78 is 5.95. The summed E-state index contributed by atoms with van der Waals surface area (Å²) in [6, 6.07) is 10.3. The smallest absolute Gasteiger partial charge is 0.249 e. The molecule has 1 amide bonds. The van der Waals surface area contributed by atoms with E-state index in [1.54, 1.807) is 24.3 Å². The molecule has 134 valence electrons. The predicted molar refractivity (Wildman–Crippen MR) is 97.7 cm³/mol. The normalized spacial score (nSPS) is 25.5. The summed E-state index contributed by atoms with van der Waals surface area (Å²) in [5, 5.41) is 12.3. The Morgan fingerprint density at radius 1 is 1.23 bits per heavy atom. The first-order valence-corrected chi connectivity index (χ1v) is 8.78. The molecule has 26 heavy (non-hydrogen) atoms. The SMILES string of the molecule is CC(=O)Nc1cccc2c1C(=O)C1(O)c3ccc(C(C)C)cc3OC21Cl. The van der Waals surface area contributed by atoms with Crippen LogP contribution in [0.5, 0.6) is 5.75 Å². The van der Waals surface area contributed by atoms with E-state index >= 15 is 0 Å². The summed E-state index contributed by atoms with van der Waals surface area (Å²) in [5.74, 6) is -0.234. The fourth-order valence-electron chi connectivity index (χ4n) is 3.74. The number of fused-ring (bicyclic) bond motifs is 5. The highest BCUT2D eigenvalue weighted by Gasteiger charge is 2.70. The van der Waals surface area contributed by atoms with Gasteiger partial charge in [0.2, 0.25) is 22.4 Å². The van der Waals surface area contributed by atoms with Gasteiger partial charge in [-0.1, -0.05) is 49.7 Å². The standard InChI is InChI=1S/C20H18ClNO4/c1-10(2)12-7-8-13-16(9-12)26-20(21)14-5-4-6-15(22-11(3)23)17(14)18(24)19(13,20)25/h4-10,25H,1-3H3,(H,22,23). The van der Waals surface area contributed by atoms with Crippen LogP contribution in [0, 0.1) is 0 Å². The topological polar surface area (TPSA) is 75.6 Å². The number of hydrogen-bond acceptors (Lipinski definition) is 4. The third-order valence-electron chi connectivity index (χ3n) is 5.06. The summed E-state index contributed by atoms with van der Waals surface area (Å²) >= 11 is 6.73. The summed E-state index contributed by atoms with van der Waals surface area (Å²) in [6.07, 6.45) is 0. The van der Waals surface area contributed by atoms with Crippen molar-refractivity contribution in [3.8, 4) is 5.75 Å². The molecule has 2 aromatic carbocycles. The maximum Gasteiger partial charge on any atom is 0.249 e. The maximum atomic E-state index is 13.2. The first-order chi connectivity index (χ1) is 12.2. The summed E-state index contributed by atoms with van der Waals surface area (Å²) in [4.78, 5) is 24.7. The molecule has 0 saturated heterocycles.